The zero-order valence-electron chi connectivity index (χ0n) is 19.1. The summed E-state index contributed by atoms with van der Waals surface area (Å²) in [5.74, 6) is -3.52. The van der Waals surface area contributed by atoms with Gasteiger partial charge in [-0.1, -0.05) is 60.1 Å². The first kappa shape index (κ1) is 10.9. The van der Waals surface area contributed by atoms with E-state index < -0.39 is 69.1 Å². The van der Waals surface area contributed by atoms with Crippen LogP contribution < -0.4 is 5.72 Å². The first-order chi connectivity index (χ1) is 14.4. The molecule has 1 atom stereocenters. The highest BCUT2D eigenvalue weighted by Gasteiger charge is 2.39. The molecule has 0 spiro atoms. The number of carbonyl (C=O) groups excluding carboxylic acids is 1. The number of benzene rings is 2. The van der Waals surface area contributed by atoms with Gasteiger partial charge in [-0.2, -0.15) is 8.42 Å². The maximum Gasteiger partial charge on any atom is 0.313 e. The van der Waals surface area contributed by atoms with E-state index in [1.54, 1.807) is 18.2 Å². The number of carbonyl (C=O) groups is 1. The number of hydrogen-bond donors (Lipinski definition) is 1. The molecule has 2 aromatic rings. The third-order valence-corrected chi connectivity index (χ3v) is 4.42. The largest absolute Gasteiger partial charge is 0.460 e. The van der Waals surface area contributed by atoms with Crippen LogP contribution >= 0.6 is 0 Å². The van der Waals surface area contributed by atoms with Crippen molar-refractivity contribution in [1.29, 1.82) is 0 Å². The first-order valence-electron chi connectivity index (χ1n) is 10.1. The smallest absolute Gasteiger partial charge is 0.313 e. The van der Waals surface area contributed by atoms with Gasteiger partial charge in [-0.25, -0.2) is 0 Å². The van der Waals surface area contributed by atoms with E-state index in [0.717, 1.165) is 0 Å². The number of nitrogens with two attached hydrogens (primary N) is 1. The highest BCUT2D eigenvalue weighted by molar-refractivity contribution is 7.86. The fourth-order valence-electron chi connectivity index (χ4n) is 2.16. The van der Waals surface area contributed by atoms with Crippen molar-refractivity contribution in [2.24, 2.45) is 5.72 Å². The monoisotopic (exact) mass is 365 g/mol. The fraction of sp³-hybridized carbons (Fsp3) is 0.167. The SMILES string of the molecule is [2H]c1c([2H])c(C2OC(N([2H])[2H])=C(OS(=O)(=O)Cc3ccccc3)C2=O)c([2H])c([2H])c1C. The van der Waals surface area contributed by atoms with E-state index in [2.05, 4.69) is 0 Å². The zero-order valence-corrected chi connectivity index (χ0v) is 13.9. The predicted octanol–water partition coefficient (Wildman–Crippen LogP) is 2.31. The minimum absolute atomic E-state index is 0.0573. The Bertz CT molecular complexity index is 1150. The van der Waals surface area contributed by atoms with Gasteiger partial charge in [0.1, 0.15) is 5.75 Å². The van der Waals surface area contributed by atoms with Gasteiger partial charge in [0.15, 0.2) is 8.93 Å². The molecule has 2 N–H and O–H groups in total. The van der Waals surface area contributed by atoms with Gasteiger partial charge in [-0.3, -0.25) is 4.79 Å². The van der Waals surface area contributed by atoms with Crippen LogP contribution in [0, 0.1) is 6.92 Å². The molecule has 7 heteroatoms. The van der Waals surface area contributed by atoms with Gasteiger partial charge in [0.25, 0.3) is 0 Å². The first-order valence-corrected chi connectivity index (χ1v) is 8.78. The van der Waals surface area contributed by atoms with Gasteiger partial charge < -0.3 is 14.6 Å². The molecule has 0 bridgehead atoms. The summed E-state index contributed by atoms with van der Waals surface area (Å²) in [6, 6.07) is 6.09. The molecular formula is C18H17NO5S. The minimum Gasteiger partial charge on any atom is -0.460 e. The predicted molar refractivity (Wildman–Crippen MR) is 91.4 cm³/mol. The molecule has 0 saturated heterocycles. The van der Waals surface area contributed by atoms with Crippen molar-refractivity contribution in [3.63, 3.8) is 0 Å². The molecular weight excluding hydrogens is 342 g/mol. The lowest BCUT2D eigenvalue weighted by atomic mass is 10.0. The standard InChI is InChI=1S/C18H17NO5S/c1-12-7-9-14(10-8-12)16-15(20)17(18(19)23-16)24-25(21,22)11-13-5-3-2-4-6-13/h2-10,16H,11,19H2,1H3/i7D,8D,9D,10D/hD2. The maximum absolute atomic E-state index is 12.9. The number of ketones is 1. The molecule has 0 aliphatic carbocycles. The van der Waals surface area contributed by atoms with E-state index in [4.69, 9.17) is 17.2 Å². The van der Waals surface area contributed by atoms with E-state index in [0.29, 0.717) is 5.56 Å². The Kier molecular flexibility index (Phi) is 2.89. The van der Waals surface area contributed by atoms with Gasteiger partial charge >= 0.3 is 10.1 Å². The van der Waals surface area contributed by atoms with Gasteiger partial charge in [0, 0.05) is 5.56 Å². The topological polar surface area (TPSA) is 95.7 Å². The molecule has 0 amide bonds. The third-order valence-electron chi connectivity index (χ3n) is 3.31. The van der Waals surface area contributed by atoms with Crippen LogP contribution in [0.4, 0.5) is 0 Å². The molecule has 0 fully saturated rings. The summed E-state index contributed by atoms with van der Waals surface area (Å²) in [5, 5.41) is 0. The molecule has 1 unspecified atom stereocenters. The van der Waals surface area contributed by atoms with Crippen molar-refractivity contribution in [3.8, 4) is 0 Å². The van der Waals surface area contributed by atoms with Crippen molar-refractivity contribution in [2.75, 3.05) is 0 Å². The van der Waals surface area contributed by atoms with Crippen LogP contribution in [-0.2, 0) is 29.6 Å². The molecule has 130 valence electrons. The summed E-state index contributed by atoms with van der Waals surface area (Å²) in [6.45, 7) is 1.38. The van der Waals surface area contributed by atoms with E-state index in [9.17, 15) is 13.2 Å². The summed E-state index contributed by atoms with van der Waals surface area (Å²) >= 11 is 0. The molecule has 0 aromatic heterocycles. The average Bonchev–Trinajstić information content (AvgIpc) is 3.01. The molecule has 6 nitrogen and oxygen atoms in total. The molecule has 2 aromatic carbocycles. The molecule has 1 aliphatic rings. The van der Waals surface area contributed by atoms with Crippen molar-refractivity contribution in [1.82, 2.24) is 0 Å². The second-order valence-corrected chi connectivity index (χ2v) is 6.88. The van der Waals surface area contributed by atoms with Crippen LogP contribution in [0.25, 0.3) is 0 Å². The van der Waals surface area contributed by atoms with Crippen molar-refractivity contribution < 1.29 is 30.4 Å². The van der Waals surface area contributed by atoms with Crippen LogP contribution in [0.1, 0.15) is 28.3 Å². The lowest BCUT2D eigenvalue weighted by Gasteiger charge is -2.10. The lowest BCUT2D eigenvalue weighted by Crippen LogP contribution is -2.16. The second kappa shape index (κ2) is 6.60. The Morgan fingerprint density at radius 2 is 1.92 bits per heavy atom. The highest BCUT2D eigenvalue weighted by atomic mass is 32.2. The fourth-order valence-corrected chi connectivity index (χ4v) is 3.23. The molecule has 1 heterocycles. The Labute approximate surface area is 154 Å². The molecule has 3 rings (SSSR count). The quantitative estimate of drug-likeness (QED) is 0.789. The van der Waals surface area contributed by atoms with Crippen LogP contribution in [0.15, 0.2) is 66.1 Å². The summed E-state index contributed by atoms with van der Waals surface area (Å²) in [4.78, 5) is 12.9. The molecule has 25 heavy (non-hydrogen) atoms. The Morgan fingerprint density at radius 3 is 2.56 bits per heavy atom. The number of hydrogen-bond acceptors (Lipinski definition) is 6. The molecule has 1 aliphatic heterocycles. The van der Waals surface area contributed by atoms with Gasteiger partial charge in [0.05, 0.1) is 5.48 Å². The van der Waals surface area contributed by atoms with Gasteiger partial charge in [-0.15, -0.1) is 0 Å². The van der Waals surface area contributed by atoms with Gasteiger partial charge in [0.2, 0.25) is 17.4 Å². The summed E-state index contributed by atoms with van der Waals surface area (Å²) in [7, 11) is -4.39. The van der Waals surface area contributed by atoms with Crippen molar-refractivity contribution >= 4 is 15.9 Å². The zero-order chi connectivity index (χ0) is 23.1. The van der Waals surface area contributed by atoms with E-state index >= 15 is 0 Å². The number of Topliss-reactive ketones (excluding diaryl/α,β-unsaturated/α-hetero) is 1. The normalized spacial score (nSPS) is 20.7. The van der Waals surface area contributed by atoms with Crippen LogP contribution in [0.3, 0.4) is 0 Å². The molecule has 0 saturated carbocycles. The highest BCUT2D eigenvalue weighted by Crippen LogP contribution is 2.32. The van der Waals surface area contributed by atoms with E-state index in [-0.39, 0.29) is 11.3 Å². The van der Waals surface area contributed by atoms with Crippen molar-refractivity contribution in [2.45, 2.75) is 18.8 Å². The Morgan fingerprint density at radius 1 is 1.24 bits per heavy atom. The van der Waals surface area contributed by atoms with E-state index in [1.807, 2.05) is 0 Å². The maximum atomic E-state index is 12.9. The summed E-state index contributed by atoms with van der Waals surface area (Å²) in [6.07, 6.45) is -1.80. The summed E-state index contributed by atoms with van der Waals surface area (Å²) in [5.41, 5.74) is -0.166. The number of ether oxygens (including phenoxy) is 1. The van der Waals surface area contributed by atoms with Crippen LogP contribution in [-0.4, -0.2) is 14.2 Å². The second-order valence-electron chi connectivity index (χ2n) is 5.31. The van der Waals surface area contributed by atoms with Crippen LogP contribution in [0.2, 0.25) is 2.82 Å². The number of rotatable bonds is 6. The lowest BCUT2D eigenvalue weighted by molar-refractivity contribution is -0.123. The average molecular weight is 365 g/mol. The van der Waals surface area contributed by atoms with Crippen molar-refractivity contribution in [3.05, 3.63) is 82.8 Å². The third kappa shape index (κ3) is 3.83. The van der Waals surface area contributed by atoms with Gasteiger partial charge in [-0.05, 0) is 12.5 Å². The minimum atomic E-state index is -4.39. The van der Waals surface area contributed by atoms with E-state index in [1.165, 1.54) is 19.1 Å². The Hall–Kier alpha value is -2.80. The van der Waals surface area contributed by atoms with Crippen LogP contribution in [0.5, 0.6) is 0 Å². The molecule has 0 radical (unpaired) electrons. The summed E-state index contributed by atoms with van der Waals surface area (Å²) < 4.78 is 81.9. The Balaban J connectivity index is 1.99.